The van der Waals surface area contributed by atoms with E-state index in [1.54, 1.807) is 6.92 Å². The van der Waals surface area contributed by atoms with Crippen molar-refractivity contribution in [2.24, 2.45) is 17.3 Å². The SMILES string of the molecule is CCO[C@@H](Cc1ccc(OCCN2CCSc3ccccc32)cc1)C(=O)[O-].N[NH+]=C(N)N.O=C[O-]. The smallest absolute Gasteiger partial charge is 0.360 e. The Morgan fingerprint density at radius 1 is 1.23 bits per heavy atom. The van der Waals surface area contributed by atoms with E-state index in [9.17, 15) is 9.90 Å². The van der Waals surface area contributed by atoms with Crippen molar-refractivity contribution < 1.29 is 34.4 Å². The normalized spacial score (nSPS) is 12.4. The standard InChI is InChI=1S/C21H25NO4S.CH6N4.CH2O2/c1-2-25-19(21(23)24)15-16-7-9-17(10-8-16)26-13-11-22-12-14-27-20-6-4-3-5-18(20)22;2-1(3)5-4;2-1-3/h3-10,19H,2,11-15H2,1H3,(H,23,24);4H2,(H4,2,3,5);1H,(H,2,3)/p-1/t19-;;/m0../s1. The number of hydrogen-bond donors (Lipinski definition) is 4. The van der Waals surface area contributed by atoms with Crippen LogP contribution in [0.15, 0.2) is 53.4 Å². The first-order valence-corrected chi connectivity index (χ1v) is 11.8. The number of benzene rings is 2. The van der Waals surface area contributed by atoms with Crippen molar-refractivity contribution in [2.45, 2.75) is 24.3 Å². The van der Waals surface area contributed by atoms with E-state index in [1.165, 1.54) is 10.6 Å². The van der Waals surface area contributed by atoms with Crippen LogP contribution in [0.25, 0.3) is 0 Å². The van der Waals surface area contributed by atoms with Crippen molar-refractivity contribution in [3.05, 3.63) is 54.1 Å². The van der Waals surface area contributed by atoms with Crippen LogP contribution in [0.3, 0.4) is 0 Å². The maximum atomic E-state index is 11.1. The van der Waals surface area contributed by atoms with Crippen LogP contribution in [0.1, 0.15) is 12.5 Å². The van der Waals surface area contributed by atoms with Crippen molar-refractivity contribution >= 4 is 35.9 Å². The number of carboxylic acids is 1. The van der Waals surface area contributed by atoms with Gasteiger partial charge in [-0.2, -0.15) is 5.10 Å². The molecule has 0 saturated carbocycles. The largest absolute Gasteiger partial charge is 0.554 e. The molecule has 3 rings (SSSR count). The maximum Gasteiger partial charge on any atom is 0.360 e. The van der Waals surface area contributed by atoms with Crippen molar-refractivity contribution in [3.63, 3.8) is 0 Å². The molecule has 0 amide bonds. The number of hydrazine groups is 1. The van der Waals surface area contributed by atoms with Gasteiger partial charge in [0, 0.05) is 36.7 Å². The van der Waals surface area contributed by atoms with Crippen LogP contribution in [0.2, 0.25) is 0 Å². The van der Waals surface area contributed by atoms with E-state index in [-0.39, 0.29) is 5.96 Å². The summed E-state index contributed by atoms with van der Waals surface area (Å²) in [6.45, 7) is 4.06. The van der Waals surface area contributed by atoms with Crippen LogP contribution in [0.4, 0.5) is 5.69 Å². The summed E-state index contributed by atoms with van der Waals surface area (Å²) in [6, 6.07) is 15.9. The van der Waals surface area contributed by atoms with E-state index in [1.807, 2.05) is 41.1 Å². The molecule has 0 bridgehead atoms. The summed E-state index contributed by atoms with van der Waals surface area (Å²) >= 11 is 1.90. The number of carbonyl (C=O) groups is 2. The van der Waals surface area contributed by atoms with E-state index in [0.29, 0.717) is 19.6 Å². The molecule has 0 spiro atoms. The Hall–Kier alpha value is -3.64. The number of nitrogens with one attached hydrogen (secondary N) is 1. The molecule has 2 aromatic rings. The zero-order valence-electron chi connectivity index (χ0n) is 19.6. The van der Waals surface area contributed by atoms with Gasteiger partial charge in [0.05, 0.1) is 18.2 Å². The number of guanidine groups is 1. The molecule has 1 atom stereocenters. The van der Waals surface area contributed by atoms with Crippen LogP contribution in [-0.2, 0) is 20.7 Å². The number of ether oxygens (including phenoxy) is 2. The van der Waals surface area contributed by atoms with Crippen LogP contribution >= 0.6 is 11.8 Å². The second kappa shape index (κ2) is 16.9. The molecule has 1 heterocycles. The van der Waals surface area contributed by atoms with E-state index in [4.69, 9.17) is 30.8 Å². The van der Waals surface area contributed by atoms with Gasteiger partial charge in [-0.3, -0.25) is 17.3 Å². The van der Waals surface area contributed by atoms with Gasteiger partial charge in [-0.15, -0.1) is 11.8 Å². The molecule has 0 saturated heterocycles. The molecule has 0 unspecified atom stereocenters. The number of hydrazone groups is 1. The predicted octanol–water partition coefficient (Wildman–Crippen LogP) is -3.04. The van der Waals surface area contributed by atoms with Gasteiger partial charge < -0.3 is 34.2 Å². The number of carbonyl (C=O) groups excluding carboxylic acids is 2. The molecule has 1 aliphatic rings. The number of thioether (sulfide) groups is 1. The molecule has 11 nitrogen and oxygen atoms in total. The molecule has 0 radical (unpaired) electrons. The number of carboxylic acid groups (broad SMARTS) is 2. The summed E-state index contributed by atoms with van der Waals surface area (Å²) in [5.41, 5.74) is 11.7. The minimum atomic E-state index is -1.18. The highest BCUT2D eigenvalue weighted by Crippen LogP contribution is 2.33. The lowest BCUT2D eigenvalue weighted by atomic mass is 10.1. The predicted molar refractivity (Wildman–Crippen MR) is 130 cm³/mol. The third-order valence-electron chi connectivity index (χ3n) is 4.60. The van der Waals surface area contributed by atoms with E-state index in [2.05, 4.69) is 35.0 Å². The number of nitrogens with two attached hydrogens (primary N) is 3. The number of nitrogens with zero attached hydrogens (tertiary/aromatic N) is 1. The molecule has 0 aliphatic carbocycles. The van der Waals surface area contributed by atoms with Gasteiger partial charge >= 0.3 is 5.96 Å². The topological polar surface area (TPSA) is 194 Å². The average molecular weight is 507 g/mol. The van der Waals surface area contributed by atoms with Gasteiger partial charge in [0.2, 0.25) is 0 Å². The summed E-state index contributed by atoms with van der Waals surface area (Å²) in [5.74, 6) is 5.35. The second-order valence-corrected chi connectivity index (χ2v) is 8.10. The molecule has 2 aromatic carbocycles. The zero-order valence-corrected chi connectivity index (χ0v) is 20.4. The van der Waals surface area contributed by atoms with E-state index >= 15 is 0 Å². The van der Waals surface area contributed by atoms with Crippen LogP contribution in [0.5, 0.6) is 5.75 Å². The third-order valence-corrected chi connectivity index (χ3v) is 5.64. The highest BCUT2D eigenvalue weighted by molar-refractivity contribution is 7.99. The fourth-order valence-corrected chi connectivity index (χ4v) is 4.13. The summed E-state index contributed by atoms with van der Waals surface area (Å²) in [4.78, 5) is 23.0. The number of rotatable bonds is 9. The fourth-order valence-electron chi connectivity index (χ4n) is 3.08. The molecule has 7 N–H and O–H groups in total. The van der Waals surface area contributed by atoms with E-state index < -0.39 is 18.5 Å². The first-order chi connectivity index (χ1) is 16.9. The van der Waals surface area contributed by atoms with Gasteiger partial charge in [0.15, 0.2) is 0 Å². The summed E-state index contributed by atoms with van der Waals surface area (Å²) in [6.07, 6.45) is -0.627. The highest BCUT2D eigenvalue weighted by Gasteiger charge is 2.16. The van der Waals surface area contributed by atoms with Gasteiger partial charge in [-0.25, -0.2) is 0 Å². The van der Waals surface area contributed by atoms with Crippen LogP contribution in [-0.4, -0.2) is 56.6 Å². The van der Waals surface area contributed by atoms with Crippen molar-refractivity contribution in [2.75, 3.05) is 37.0 Å². The van der Waals surface area contributed by atoms with Gasteiger partial charge in [-0.05, 0) is 36.8 Å². The number of para-hydroxylation sites is 1. The molecule has 1 aliphatic heterocycles. The molecular weight excluding hydrogens is 474 g/mol. The minimum Gasteiger partial charge on any atom is -0.554 e. The molecule has 192 valence electrons. The Morgan fingerprint density at radius 3 is 2.43 bits per heavy atom. The van der Waals surface area contributed by atoms with Crippen molar-refractivity contribution in [1.82, 2.24) is 0 Å². The number of aliphatic carboxylic acids is 1. The molecule has 0 aromatic heterocycles. The van der Waals surface area contributed by atoms with Crippen LogP contribution in [0, 0.1) is 0 Å². The number of anilines is 1. The molecule has 12 heteroatoms. The summed E-state index contributed by atoms with van der Waals surface area (Å²) in [7, 11) is 0. The average Bonchev–Trinajstić information content (AvgIpc) is 2.85. The number of hydrogen-bond acceptors (Lipinski definition) is 9. The first-order valence-electron chi connectivity index (χ1n) is 10.8. The lowest BCUT2D eigenvalue weighted by molar-refractivity contribution is -0.471. The Labute approximate surface area is 208 Å². The van der Waals surface area contributed by atoms with Crippen molar-refractivity contribution in [1.29, 1.82) is 0 Å². The number of fused-ring (bicyclic) bond motifs is 1. The Bertz CT molecular complexity index is 925. The maximum absolute atomic E-state index is 11.1. The van der Waals surface area contributed by atoms with Gasteiger partial charge in [0.1, 0.15) is 18.5 Å². The van der Waals surface area contributed by atoms with E-state index in [0.717, 1.165) is 30.2 Å². The molecule has 35 heavy (non-hydrogen) atoms. The zero-order chi connectivity index (χ0) is 26.1. The quantitative estimate of drug-likeness (QED) is 0.0887. The summed E-state index contributed by atoms with van der Waals surface area (Å²) in [5, 5.41) is 21.3. The second-order valence-electron chi connectivity index (χ2n) is 6.96. The fraction of sp³-hybridized carbons (Fsp3) is 0.348. The van der Waals surface area contributed by atoms with Crippen molar-refractivity contribution in [3.8, 4) is 5.75 Å². The lowest BCUT2D eigenvalue weighted by Gasteiger charge is -2.30. The highest BCUT2D eigenvalue weighted by atomic mass is 32.2. The summed E-state index contributed by atoms with van der Waals surface area (Å²) < 4.78 is 11.1. The van der Waals surface area contributed by atoms with Gasteiger partial charge in [-0.1, -0.05) is 24.3 Å². The Balaban J connectivity index is 0.000000669. The lowest BCUT2D eigenvalue weighted by Crippen LogP contribution is -2.84. The Morgan fingerprint density at radius 2 is 1.86 bits per heavy atom. The first kappa shape index (κ1) is 29.4. The third kappa shape index (κ3) is 11.4. The molecular formula is C23H32N5O6S-. The minimum absolute atomic E-state index is 0.0324. The molecule has 0 fully saturated rings. The van der Waals surface area contributed by atoms with Crippen LogP contribution < -0.4 is 42.3 Å². The Kier molecular flexibility index (Phi) is 14.2. The monoisotopic (exact) mass is 506 g/mol. The van der Waals surface area contributed by atoms with Gasteiger partial charge in [0.25, 0.3) is 0 Å².